The molecule has 0 radical (unpaired) electrons. The third kappa shape index (κ3) is 6.45. The van der Waals surface area contributed by atoms with Crippen LogP contribution < -0.4 is 11.7 Å². The highest BCUT2D eigenvalue weighted by Crippen LogP contribution is 2.01. The van der Waals surface area contributed by atoms with Crippen LogP contribution in [0.2, 0.25) is 0 Å². The van der Waals surface area contributed by atoms with Crippen LogP contribution in [0.3, 0.4) is 0 Å². The van der Waals surface area contributed by atoms with Gasteiger partial charge in [0, 0.05) is 18.3 Å². The van der Waals surface area contributed by atoms with E-state index in [1.54, 1.807) is 0 Å². The van der Waals surface area contributed by atoms with Crippen LogP contribution in [0.25, 0.3) is 0 Å². The molecular weight excluding hydrogens is 192 g/mol. The van der Waals surface area contributed by atoms with Gasteiger partial charge in [0.15, 0.2) is 0 Å². The Morgan fingerprint density at radius 1 is 1.47 bits per heavy atom. The van der Waals surface area contributed by atoms with Gasteiger partial charge < -0.3 is 15.6 Å². The van der Waals surface area contributed by atoms with Gasteiger partial charge in [-0.25, -0.2) is 5.84 Å². The predicted octanol–water partition coefficient (Wildman–Crippen LogP) is 0.546. The molecule has 0 saturated heterocycles. The van der Waals surface area contributed by atoms with Crippen molar-refractivity contribution in [1.82, 2.24) is 5.01 Å². The van der Waals surface area contributed by atoms with Gasteiger partial charge in [-0.15, -0.1) is 0 Å². The summed E-state index contributed by atoms with van der Waals surface area (Å²) in [5.41, 5.74) is 0.862. The molecule has 5 nitrogen and oxygen atoms in total. The molecule has 0 aliphatic rings. The van der Waals surface area contributed by atoms with Crippen LogP contribution in [0, 0.1) is 0 Å². The average molecular weight is 210 g/mol. The van der Waals surface area contributed by atoms with Crippen molar-refractivity contribution in [3.05, 3.63) is 23.9 Å². The van der Waals surface area contributed by atoms with E-state index in [2.05, 4.69) is 5.10 Å². The maximum absolute atomic E-state index is 10.1. The standard InChI is InChI=1S/C10H18N4O/c1-2-10(6-4-3-5-9-15)14(12)8-7-13-11/h2,4,6-7,9H,3,5,8,11-12H2,1H3/b6-4-,10-2+,13-7-. The molecular formula is C10H18N4O. The summed E-state index contributed by atoms with van der Waals surface area (Å²) in [5.74, 6) is 10.7. The van der Waals surface area contributed by atoms with Gasteiger partial charge in [0.25, 0.3) is 0 Å². The van der Waals surface area contributed by atoms with Gasteiger partial charge in [-0.3, -0.25) is 0 Å². The van der Waals surface area contributed by atoms with Gasteiger partial charge in [0.2, 0.25) is 0 Å². The lowest BCUT2D eigenvalue weighted by molar-refractivity contribution is -0.107. The molecule has 0 fully saturated rings. The SMILES string of the molecule is C/C=C(\C=C/CCC=O)N(N)C/C=N\N. The Labute approximate surface area is 90.1 Å². The van der Waals surface area contributed by atoms with E-state index in [4.69, 9.17) is 11.7 Å². The van der Waals surface area contributed by atoms with Crippen LogP contribution in [0.4, 0.5) is 0 Å². The number of carbonyl (C=O) groups excluding carboxylic acids is 1. The molecule has 0 rings (SSSR count). The number of hydrogen-bond donors (Lipinski definition) is 2. The fourth-order valence-corrected chi connectivity index (χ4v) is 0.967. The summed E-state index contributed by atoms with van der Waals surface area (Å²) in [4.78, 5) is 10.1. The van der Waals surface area contributed by atoms with Crippen LogP contribution in [-0.2, 0) is 4.79 Å². The smallest absolute Gasteiger partial charge is 0.120 e. The monoisotopic (exact) mass is 210 g/mol. The molecule has 84 valence electrons. The maximum Gasteiger partial charge on any atom is 0.120 e. The predicted molar refractivity (Wildman–Crippen MR) is 61.8 cm³/mol. The topological polar surface area (TPSA) is 84.7 Å². The molecule has 0 bridgehead atoms. The molecule has 0 aromatic carbocycles. The zero-order valence-electron chi connectivity index (χ0n) is 8.97. The number of nitrogens with zero attached hydrogens (tertiary/aromatic N) is 2. The minimum absolute atomic E-state index is 0.453. The van der Waals surface area contributed by atoms with Gasteiger partial charge in [-0.05, 0) is 19.4 Å². The Morgan fingerprint density at radius 3 is 2.73 bits per heavy atom. The zero-order valence-corrected chi connectivity index (χ0v) is 8.97. The lowest BCUT2D eigenvalue weighted by Gasteiger charge is -2.16. The van der Waals surface area contributed by atoms with Crippen LogP contribution in [-0.4, -0.2) is 24.1 Å². The van der Waals surface area contributed by atoms with Crippen molar-refractivity contribution in [2.24, 2.45) is 16.8 Å². The lowest BCUT2D eigenvalue weighted by atomic mass is 10.2. The van der Waals surface area contributed by atoms with Crippen LogP contribution >= 0.6 is 0 Å². The van der Waals surface area contributed by atoms with Gasteiger partial charge in [-0.1, -0.05) is 12.2 Å². The number of allylic oxidation sites excluding steroid dienone is 3. The molecule has 15 heavy (non-hydrogen) atoms. The molecule has 0 aromatic heterocycles. The molecule has 5 heteroatoms. The minimum Gasteiger partial charge on any atom is -0.324 e. The van der Waals surface area contributed by atoms with E-state index in [9.17, 15) is 4.79 Å². The van der Waals surface area contributed by atoms with Crippen LogP contribution in [0.5, 0.6) is 0 Å². The molecule has 0 amide bonds. The Morgan fingerprint density at radius 2 is 2.20 bits per heavy atom. The highest BCUT2D eigenvalue weighted by Gasteiger charge is 1.97. The van der Waals surface area contributed by atoms with Crippen LogP contribution in [0.15, 0.2) is 29.0 Å². The third-order valence-corrected chi connectivity index (χ3v) is 1.75. The molecule has 0 saturated carbocycles. The molecule has 4 N–H and O–H groups in total. The number of carbonyl (C=O) groups is 1. The van der Waals surface area contributed by atoms with E-state index < -0.39 is 0 Å². The van der Waals surface area contributed by atoms with Crippen molar-refractivity contribution < 1.29 is 4.79 Å². The molecule has 0 heterocycles. The van der Waals surface area contributed by atoms with Gasteiger partial charge >= 0.3 is 0 Å². The first-order chi connectivity index (χ1) is 7.26. The summed E-state index contributed by atoms with van der Waals surface area (Å²) in [6.07, 6.45) is 9.31. The number of unbranched alkanes of at least 4 members (excludes halogenated alkanes) is 1. The average Bonchev–Trinajstić information content (AvgIpc) is 2.26. The van der Waals surface area contributed by atoms with Gasteiger partial charge in [0.05, 0.1) is 6.54 Å². The Bertz CT molecular complexity index is 258. The number of nitrogens with two attached hydrogens (primary N) is 2. The van der Waals surface area contributed by atoms with E-state index >= 15 is 0 Å². The summed E-state index contributed by atoms with van der Waals surface area (Å²) >= 11 is 0. The Kier molecular flexibility index (Phi) is 7.99. The molecule has 0 spiro atoms. The second-order valence-electron chi connectivity index (χ2n) is 2.84. The number of aldehydes is 1. The quantitative estimate of drug-likeness (QED) is 0.160. The zero-order chi connectivity index (χ0) is 11.5. The first-order valence-electron chi connectivity index (χ1n) is 4.76. The summed E-state index contributed by atoms with van der Waals surface area (Å²) < 4.78 is 0. The largest absolute Gasteiger partial charge is 0.324 e. The molecule has 0 atom stereocenters. The summed E-state index contributed by atoms with van der Waals surface area (Å²) in [6.45, 7) is 2.34. The number of rotatable bonds is 7. The van der Waals surface area contributed by atoms with Crippen molar-refractivity contribution in [3.63, 3.8) is 0 Å². The van der Waals surface area contributed by atoms with Crippen molar-refractivity contribution >= 4 is 12.5 Å². The van der Waals surface area contributed by atoms with Gasteiger partial charge in [0.1, 0.15) is 6.29 Å². The molecule has 0 aliphatic carbocycles. The fourth-order valence-electron chi connectivity index (χ4n) is 0.967. The van der Waals surface area contributed by atoms with Crippen molar-refractivity contribution in [2.75, 3.05) is 6.54 Å². The van der Waals surface area contributed by atoms with E-state index in [0.29, 0.717) is 13.0 Å². The van der Waals surface area contributed by atoms with E-state index in [-0.39, 0.29) is 0 Å². The molecule has 0 aliphatic heterocycles. The van der Waals surface area contributed by atoms with E-state index in [1.807, 2.05) is 25.2 Å². The van der Waals surface area contributed by atoms with Crippen molar-refractivity contribution in [3.8, 4) is 0 Å². The summed E-state index contributed by atoms with van der Waals surface area (Å²) in [5, 5.41) is 4.88. The molecule has 0 unspecified atom stereocenters. The third-order valence-electron chi connectivity index (χ3n) is 1.75. The highest BCUT2D eigenvalue weighted by molar-refractivity contribution is 5.59. The van der Waals surface area contributed by atoms with E-state index in [0.717, 1.165) is 18.4 Å². The maximum atomic E-state index is 10.1. The highest BCUT2D eigenvalue weighted by atomic mass is 16.1. The Balaban J connectivity index is 4.12. The first-order valence-corrected chi connectivity index (χ1v) is 4.76. The summed E-state index contributed by atoms with van der Waals surface area (Å²) in [7, 11) is 0. The normalized spacial score (nSPS) is 12.5. The number of hydrogen-bond acceptors (Lipinski definition) is 5. The summed E-state index contributed by atoms with van der Waals surface area (Å²) in [6, 6.07) is 0. The number of hydrazine groups is 1. The first kappa shape index (κ1) is 13.4. The minimum atomic E-state index is 0.453. The fraction of sp³-hybridized carbons (Fsp3) is 0.400. The van der Waals surface area contributed by atoms with Crippen molar-refractivity contribution in [2.45, 2.75) is 19.8 Å². The lowest BCUT2D eigenvalue weighted by Crippen LogP contribution is -2.31. The van der Waals surface area contributed by atoms with Crippen molar-refractivity contribution in [1.29, 1.82) is 0 Å². The Hall–Kier alpha value is -1.62. The van der Waals surface area contributed by atoms with E-state index in [1.165, 1.54) is 11.2 Å². The second-order valence-corrected chi connectivity index (χ2v) is 2.84. The second kappa shape index (κ2) is 8.96. The number of hydrazone groups is 1. The van der Waals surface area contributed by atoms with Crippen LogP contribution in [0.1, 0.15) is 19.8 Å². The molecule has 0 aromatic rings. The van der Waals surface area contributed by atoms with Gasteiger partial charge in [-0.2, -0.15) is 5.10 Å².